The quantitative estimate of drug-likeness (QED) is 0.823. The van der Waals surface area contributed by atoms with Crippen LogP contribution in [0.1, 0.15) is 27.2 Å². The summed E-state index contributed by atoms with van der Waals surface area (Å²) in [5.41, 5.74) is 0. The van der Waals surface area contributed by atoms with Crippen molar-refractivity contribution < 1.29 is 13.2 Å². The third-order valence-corrected chi connectivity index (χ3v) is 4.88. The number of Topliss-reactive ketones (excluding diaryl/α,β-unsaturated/α-hetero) is 1. The maximum absolute atomic E-state index is 12.4. The summed E-state index contributed by atoms with van der Waals surface area (Å²) in [6.45, 7) is 4.92. The summed E-state index contributed by atoms with van der Waals surface area (Å²) in [4.78, 5) is 11.7. The van der Waals surface area contributed by atoms with E-state index in [0.29, 0.717) is 4.91 Å². The van der Waals surface area contributed by atoms with Gasteiger partial charge in [0.05, 0.1) is 4.90 Å². The molecule has 98 valence electrons. The topological polar surface area (TPSA) is 51.2 Å². The zero-order chi connectivity index (χ0) is 13.8. The second-order valence-corrected chi connectivity index (χ2v) is 6.26. The number of hydrogen-bond acceptors (Lipinski definition) is 3. The van der Waals surface area contributed by atoms with Gasteiger partial charge >= 0.3 is 0 Å². The molecular weight excluding hydrogens is 248 g/mol. The first-order chi connectivity index (χ1) is 8.39. The van der Waals surface area contributed by atoms with E-state index in [9.17, 15) is 13.2 Å². The Hall–Kier alpha value is -1.42. The molecule has 1 rings (SSSR count). The van der Waals surface area contributed by atoms with E-state index in [2.05, 4.69) is 0 Å². The van der Waals surface area contributed by atoms with E-state index in [4.69, 9.17) is 0 Å². The van der Waals surface area contributed by atoms with Crippen LogP contribution in [-0.4, -0.2) is 14.2 Å². The van der Waals surface area contributed by atoms with Crippen LogP contribution in [0.2, 0.25) is 0 Å². The summed E-state index contributed by atoms with van der Waals surface area (Å²) < 4.78 is 24.8. The average molecular weight is 266 g/mol. The molecule has 1 aromatic rings. The first-order valence-electron chi connectivity index (χ1n) is 5.85. The summed E-state index contributed by atoms with van der Waals surface area (Å²) in [5.74, 6) is -0.303. The van der Waals surface area contributed by atoms with Gasteiger partial charge in [0.15, 0.2) is 0 Å². The minimum Gasteiger partial charge on any atom is -0.300 e. The van der Waals surface area contributed by atoms with Crippen molar-refractivity contribution in [2.75, 3.05) is 0 Å². The van der Waals surface area contributed by atoms with Gasteiger partial charge in [-0.2, -0.15) is 0 Å². The summed E-state index contributed by atoms with van der Waals surface area (Å²) in [6.07, 6.45) is 1.82. The smallest absolute Gasteiger partial charge is 0.202 e. The van der Waals surface area contributed by atoms with E-state index in [1.807, 2.05) is 0 Å². The molecule has 0 saturated heterocycles. The summed E-state index contributed by atoms with van der Waals surface area (Å²) >= 11 is 0. The van der Waals surface area contributed by atoms with Gasteiger partial charge in [0, 0.05) is 11.3 Å². The number of benzene rings is 1. The number of sulfone groups is 1. The predicted octanol–water partition coefficient (Wildman–Crippen LogP) is 2.98. The van der Waals surface area contributed by atoms with Crippen LogP contribution in [0, 0.1) is 5.92 Å². The molecule has 0 aromatic heterocycles. The minimum absolute atomic E-state index is 0.00916. The molecule has 1 atom stereocenters. The summed E-state index contributed by atoms with van der Waals surface area (Å²) in [6, 6.07) is 8.29. The molecule has 0 radical (unpaired) electrons. The largest absolute Gasteiger partial charge is 0.300 e. The number of hydrogen-bond donors (Lipinski definition) is 0. The molecule has 0 saturated carbocycles. The predicted molar refractivity (Wildman–Crippen MR) is 71.8 cm³/mol. The number of carbonyl (C=O) groups excluding carboxylic acids is 1. The van der Waals surface area contributed by atoms with Gasteiger partial charge in [-0.05, 0) is 31.9 Å². The molecule has 0 spiro atoms. The molecule has 0 bridgehead atoms. The number of ketones is 1. The number of rotatable bonds is 5. The monoisotopic (exact) mass is 266 g/mol. The maximum atomic E-state index is 12.4. The minimum atomic E-state index is -3.49. The van der Waals surface area contributed by atoms with Crippen LogP contribution in [0.5, 0.6) is 0 Å². The standard InChI is InChI=1S/C14H18O3S/c1-4-14(11(2)10-12(3)15)18(16,17)13-8-6-5-7-9-13/h4-9,11H,10H2,1-3H3/b14-4+. The van der Waals surface area contributed by atoms with Crippen LogP contribution in [0.15, 0.2) is 46.2 Å². The summed E-state index contributed by atoms with van der Waals surface area (Å²) in [5, 5.41) is 0. The fourth-order valence-electron chi connectivity index (χ4n) is 1.97. The molecule has 0 aliphatic heterocycles. The molecule has 18 heavy (non-hydrogen) atoms. The van der Waals surface area contributed by atoms with Crippen molar-refractivity contribution in [1.29, 1.82) is 0 Å². The Labute approximate surface area is 108 Å². The Balaban J connectivity index is 3.14. The van der Waals surface area contributed by atoms with Crippen molar-refractivity contribution in [2.24, 2.45) is 5.92 Å². The van der Waals surface area contributed by atoms with E-state index in [1.165, 1.54) is 6.92 Å². The zero-order valence-electron chi connectivity index (χ0n) is 10.9. The van der Waals surface area contributed by atoms with E-state index in [0.717, 1.165) is 0 Å². The molecule has 0 fully saturated rings. The Bertz CT molecular complexity index is 542. The highest BCUT2D eigenvalue weighted by atomic mass is 32.2. The van der Waals surface area contributed by atoms with Crippen LogP contribution in [0.25, 0.3) is 0 Å². The Morgan fingerprint density at radius 1 is 1.28 bits per heavy atom. The lowest BCUT2D eigenvalue weighted by molar-refractivity contribution is -0.117. The van der Waals surface area contributed by atoms with Gasteiger partial charge in [-0.1, -0.05) is 31.2 Å². The highest BCUT2D eigenvalue weighted by Gasteiger charge is 2.25. The van der Waals surface area contributed by atoms with Crippen molar-refractivity contribution in [3.05, 3.63) is 41.3 Å². The molecule has 1 aromatic carbocycles. The van der Waals surface area contributed by atoms with E-state index in [1.54, 1.807) is 50.3 Å². The molecule has 3 nitrogen and oxygen atoms in total. The molecular formula is C14H18O3S. The molecule has 0 aliphatic rings. The summed E-state index contributed by atoms with van der Waals surface area (Å²) in [7, 11) is -3.49. The SMILES string of the molecule is C/C=C(\C(C)CC(C)=O)S(=O)(=O)c1ccccc1. The molecule has 0 amide bonds. The lowest BCUT2D eigenvalue weighted by Gasteiger charge is -2.15. The first-order valence-corrected chi connectivity index (χ1v) is 7.33. The van der Waals surface area contributed by atoms with E-state index in [-0.39, 0.29) is 23.0 Å². The Kier molecular flexibility index (Phi) is 4.84. The van der Waals surface area contributed by atoms with Crippen LogP contribution in [0.3, 0.4) is 0 Å². The van der Waals surface area contributed by atoms with Crippen LogP contribution in [0.4, 0.5) is 0 Å². The van der Waals surface area contributed by atoms with Crippen molar-refractivity contribution in [3.8, 4) is 0 Å². The van der Waals surface area contributed by atoms with Crippen LogP contribution >= 0.6 is 0 Å². The van der Waals surface area contributed by atoms with Gasteiger partial charge in [0.1, 0.15) is 5.78 Å². The number of carbonyl (C=O) groups is 1. The fraction of sp³-hybridized carbons (Fsp3) is 0.357. The molecule has 4 heteroatoms. The lowest BCUT2D eigenvalue weighted by atomic mass is 10.1. The first kappa shape index (κ1) is 14.6. The van der Waals surface area contributed by atoms with Gasteiger partial charge in [-0.15, -0.1) is 0 Å². The Morgan fingerprint density at radius 3 is 2.28 bits per heavy atom. The fourth-order valence-corrected chi connectivity index (χ4v) is 3.68. The molecule has 0 aliphatic carbocycles. The lowest BCUT2D eigenvalue weighted by Crippen LogP contribution is -2.14. The normalized spacial score (nSPS) is 14.3. The third-order valence-electron chi connectivity index (χ3n) is 2.73. The van der Waals surface area contributed by atoms with E-state index < -0.39 is 9.84 Å². The third kappa shape index (κ3) is 3.29. The highest BCUT2D eigenvalue weighted by Crippen LogP contribution is 2.27. The van der Waals surface area contributed by atoms with E-state index >= 15 is 0 Å². The van der Waals surface area contributed by atoms with Crippen molar-refractivity contribution >= 4 is 15.6 Å². The second-order valence-electron chi connectivity index (χ2n) is 4.31. The van der Waals surface area contributed by atoms with Crippen molar-refractivity contribution in [3.63, 3.8) is 0 Å². The average Bonchev–Trinajstić information content (AvgIpc) is 2.29. The van der Waals surface area contributed by atoms with Gasteiger partial charge in [0.25, 0.3) is 0 Å². The highest BCUT2D eigenvalue weighted by molar-refractivity contribution is 7.95. The van der Waals surface area contributed by atoms with Crippen molar-refractivity contribution in [2.45, 2.75) is 32.1 Å². The molecule has 1 unspecified atom stereocenters. The van der Waals surface area contributed by atoms with Gasteiger partial charge in [-0.3, -0.25) is 0 Å². The molecule has 0 heterocycles. The van der Waals surface area contributed by atoms with Crippen LogP contribution < -0.4 is 0 Å². The van der Waals surface area contributed by atoms with Crippen LogP contribution in [-0.2, 0) is 14.6 Å². The van der Waals surface area contributed by atoms with Gasteiger partial charge < -0.3 is 4.79 Å². The Morgan fingerprint density at radius 2 is 1.83 bits per heavy atom. The van der Waals surface area contributed by atoms with Gasteiger partial charge in [-0.25, -0.2) is 8.42 Å². The molecule has 0 N–H and O–H groups in total. The van der Waals surface area contributed by atoms with Gasteiger partial charge in [0.2, 0.25) is 9.84 Å². The number of allylic oxidation sites excluding steroid dienone is 2. The second kappa shape index (κ2) is 5.96. The van der Waals surface area contributed by atoms with Crippen molar-refractivity contribution in [1.82, 2.24) is 0 Å². The maximum Gasteiger partial charge on any atom is 0.202 e. The zero-order valence-corrected chi connectivity index (χ0v) is 11.7.